The molecule has 0 saturated carbocycles. The largest absolute Gasteiger partial charge is 0.481 e. The highest BCUT2D eigenvalue weighted by atomic mass is 127. The first-order valence-electron chi connectivity index (χ1n) is 36.2. The van der Waals surface area contributed by atoms with Gasteiger partial charge in [-0.25, -0.2) is 19.1 Å². The molecular weight excluding hydrogens is 1560 g/mol. The van der Waals surface area contributed by atoms with E-state index in [1.807, 2.05) is 72.8 Å². The van der Waals surface area contributed by atoms with Crippen molar-refractivity contribution >= 4 is 114 Å². The fraction of sp³-hybridized carbons (Fsp3) is 0.554. The van der Waals surface area contributed by atoms with Crippen molar-refractivity contribution in [2.45, 2.75) is 172 Å². The van der Waals surface area contributed by atoms with Gasteiger partial charge in [0.15, 0.2) is 0 Å². The molecule has 0 bridgehead atoms. The number of aryl methyl sites for hydroxylation is 1. The fourth-order valence-corrected chi connectivity index (χ4v) is 11.7. The number of rotatable bonds is 59. The minimum absolute atomic E-state index is 0.00380. The van der Waals surface area contributed by atoms with Gasteiger partial charge in [0.2, 0.25) is 47.3 Å². The van der Waals surface area contributed by atoms with Crippen LogP contribution in [0.3, 0.4) is 0 Å². The van der Waals surface area contributed by atoms with E-state index < -0.39 is 118 Å². The summed E-state index contributed by atoms with van der Waals surface area (Å²) in [6.07, 6.45) is 1.39. The van der Waals surface area contributed by atoms with Gasteiger partial charge in [0.1, 0.15) is 36.9 Å². The number of hydrogen-bond acceptors (Lipinski definition) is 21. The number of benzene rings is 3. The molecule has 12 N–H and O–H groups in total. The molecule has 0 aromatic heterocycles. The number of carbonyl (C=O) groups is 13. The van der Waals surface area contributed by atoms with Crippen molar-refractivity contribution in [1.29, 1.82) is 0 Å². The maximum Gasteiger partial charge on any atom is 0.328 e. The van der Waals surface area contributed by atoms with Crippen molar-refractivity contribution in [3.63, 3.8) is 0 Å². The van der Waals surface area contributed by atoms with Gasteiger partial charge in [-0.15, -0.1) is 0 Å². The Morgan fingerprint density at radius 2 is 1.01 bits per heavy atom. The van der Waals surface area contributed by atoms with Crippen LogP contribution in [0.5, 0.6) is 0 Å². The zero-order chi connectivity index (χ0) is 79.6. The summed E-state index contributed by atoms with van der Waals surface area (Å²) in [7, 11) is 0.128. The molecule has 0 spiro atoms. The smallest absolute Gasteiger partial charge is 0.328 e. The number of fused-ring (bicyclic) bond motifs is 2. The third-order valence-electron chi connectivity index (χ3n) is 16.8. The lowest BCUT2D eigenvalue weighted by Crippen LogP contribution is -2.52. The Morgan fingerprint density at radius 1 is 0.477 bits per heavy atom. The maximum absolute atomic E-state index is 13.9. The number of para-hydroxylation sites is 1. The van der Waals surface area contributed by atoms with Gasteiger partial charge in [0, 0.05) is 92.3 Å². The molecular formula is C74H103IN9O24P. The van der Waals surface area contributed by atoms with E-state index in [2.05, 4.69) is 71.6 Å². The number of nitrogens with one attached hydrogen (secondary N) is 7. The Labute approximate surface area is 648 Å². The normalized spacial score (nSPS) is 12.9. The van der Waals surface area contributed by atoms with Gasteiger partial charge in [-0.1, -0.05) is 60.7 Å². The summed E-state index contributed by atoms with van der Waals surface area (Å²) in [6.45, 7) is 2.01. The lowest BCUT2D eigenvalue weighted by Gasteiger charge is -2.26. The van der Waals surface area contributed by atoms with E-state index in [1.165, 1.54) is 0 Å². The van der Waals surface area contributed by atoms with Crippen LogP contribution in [-0.2, 0) is 104 Å². The van der Waals surface area contributed by atoms with Gasteiger partial charge < -0.3 is 95.9 Å². The Hall–Kier alpha value is -8.79. The number of halogens is 1. The highest BCUT2D eigenvalue weighted by Crippen LogP contribution is 2.27. The maximum atomic E-state index is 13.9. The molecule has 4 rings (SSSR count). The molecule has 8 amide bonds. The lowest BCUT2D eigenvalue weighted by atomic mass is 10.0. The summed E-state index contributed by atoms with van der Waals surface area (Å²) in [5, 5.41) is 56.1. The van der Waals surface area contributed by atoms with Crippen LogP contribution in [0.15, 0.2) is 72.8 Å². The molecule has 0 radical (unpaired) electrons. The van der Waals surface area contributed by atoms with Gasteiger partial charge in [-0.05, 0) is 141 Å². The van der Waals surface area contributed by atoms with Crippen molar-refractivity contribution in [2.75, 3.05) is 97.8 Å². The number of carbonyl (C=O) groups excluding carboxylic acids is 9. The average molecular weight is 1660 g/mol. The van der Waals surface area contributed by atoms with E-state index in [0.717, 1.165) is 44.0 Å². The molecule has 3 aromatic carbocycles. The van der Waals surface area contributed by atoms with Crippen molar-refractivity contribution in [2.24, 2.45) is 0 Å². The van der Waals surface area contributed by atoms with Crippen molar-refractivity contribution in [3.05, 3.63) is 98.6 Å². The van der Waals surface area contributed by atoms with Gasteiger partial charge in [-0.2, -0.15) is 0 Å². The summed E-state index contributed by atoms with van der Waals surface area (Å²) in [5.41, 5.74) is 4.32. The highest BCUT2D eigenvalue weighted by molar-refractivity contribution is 14.1. The predicted octanol–water partition coefficient (Wildman–Crippen LogP) is 3.59. The standard InChI is InChI=1S/C74H103IN9O24P/c1-103-74(101)59(17-8-10-38-76-62(85)21-11-13-51-22-26-55(75)27-23-51)82-70(94)56(28-31-63(86)77-37-9-2-3-20-65(88)81-58(72(97)98)29-32-66(89)80-57(71(95)96)18-12-40-108-50-84(109-102)61(73(99)100)30-35-69(92)93)79-67(90)36-41-104-43-45-106-47-48-107-46-44-105-42-39-78-64(87)33-34-68(91)83-49-54-16-5-4-14-52(54)24-25-53-15-6-7-19-60(53)83/h4-7,14-16,19,22-23,26-27,56-59,61,102,109H,2-3,8-13,17-18,20-21,28-50H2,1H3,(H,76,85)(H,77,86)(H,78,87)(H,79,90)(H,80,89)(H,81,88)(H,82,94)(H,92,93)(H,95,96)(H,97,98)(H,99,100)/t56?,57-,58-,59?,61?/m0/s1. The average Bonchev–Trinajstić information content (AvgIpc) is 0.804. The van der Waals surface area contributed by atoms with Crippen LogP contribution in [0, 0.1) is 15.4 Å². The van der Waals surface area contributed by atoms with E-state index in [0.29, 0.717) is 57.3 Å². The van der Waals surface area contributed by atoms with Gasteiger partial charge in [0.05, 0.1) is 81.2 Å². The number of carboxylic acid groups (broad SMARTS) is 4. The third-order valence-corrected chi connectivity index (χ3v) is 18.2. The number of carboxylic acids is 4. The SMILES string of the molecule is COC(=O)C(CCCCNC(=O)CCCc1ccc(I)cc1)NC(=O)C(CCC(=O)NCCCCCC(=O)N[C@@H](CCC(=O)N[C@@H](CCCOCN(PO)C(CCC(=O)O)C(=O)O)C(=O)O)C(=O)O)NC(=O)CCOCCOCCOCCOCCNC(=O)CCC(=O)N1Cc2ccccc2C#Cc2ccccc21. The first-order valence-corrected chi connectivity index (χ1v) is 38.2. The van der Waals surface area contributed by atoms with E-state index >= 15 is 0 Å². The number of anilines is 1. The molecule has 1 heterocycles. The molecule has 0 saturated heterocycles. The number of ether oxygens (including phenoxy) is 6. The van der Waals surface area contributed by atoms with Crippen LogP contribution >= 0.6 is 31.5 Å². The zero-order valence-electron chi connectivity index (χ0n) is 61.3. The monoisotopic (exact) mass is 1660 g/mol. The number of aliphatic carboxylic acids is 4. The Kier molecular flexibility index (Phi) is 46.5. The summed E-state index contributed by atoms with van der Waals surface area (Å²) in [4.78, 5) is 175. The topological polar surface area (TPSA) is 469 Å². The molecule has 1 aliphatic rings. The van der Waals surface area contributed by atoms with E-state index in [9.17, 15) is 82.5 Å². The number of hydrogen-bond donors (Lipinski definition) is 12. The minimum atomic E-state index is -1.50. The van der Waals surface area contributed by atoms with E-state index in [1.54, 1.807) is 4.90 Å². The summed E-state index contributed by atoms with van der Waals surface area (Å²) in [5.74, 6) is -3.70. The quantitative estimate of drug-likeness (QED) is 0.00959. The molecule has 0 aliphatic carbocycles. The molecule has 3 aromatic rings. The Balaban J connectivity index is 1.13. The van der Waals surface area contributed by atoms with Crippen LogP contribution in [-0.4, -0.2) is 230 Å². The highest BCUT2D eigenvalue weighted by Gasteiger charge is 2.30. The second-order valence-electron chi connectivity index (χ2n) is 25.2. The molecule has 600 valence electrons. The summed E-state index contributed by atoms with van der Waals surface area (Å²) in [6, 6.07) is 16.5. The van der Waals surface area contributed by atoms with Crippen LogP contribution < -0.4 is 42.1 Å². The summed E-state index contributed by atoms with van der Waals surface area (Å²) < 4.78 is 34.8. The predicted molar refractivity (Wildman–Crippen MR) is 405 cm³/mol. The Morgan fingerprint density at radius 3 is 1.66 bits per heavy atom. The Bertz CT molecular complexity index is 3470. The van der Waals surface area contributed by atoms with Crippen LogP contribution in [0.4, 0.5) is 5.69 Å². The fourth-order valence-electron chi connectivity index (χ4n) is 10.8. The van der Waals surface area contributed by atoms with Gasteiger partial charge in [0.25, 0.3) is 0 Å². The van der Waals surface area contributed by atoms with Gasteiger partial charge in [-0.3, -0.25) is 47.9 Å². The van der Waals surface area contributed by atoms with Crippen molar-refractivity contribution < 1.29 is 116 Å². The molecule has 35 heteroatoms. The molecule has 1 aliphatic heterocycles. The number of esters is 1. The second-order valence-corrected chi connectivity index (χ2v) is 27.2. The van der Waals surface area contributed by atoms with Gasteiger partial charge >= 0.3 is 29.8 Å². The number of nitrogens with zero attached hydrogens (tertiary/aromatic N) is 2. The van der Waals surface area contributed by atoms with Crippen molar-refractivity contribution in [3.8, 4) is 11.8 Å². The lowest BCUT2D eigenvalue weighted by molar-refractivity contribution is -0.146. The molecule has 4 unspecified atom stereocenters. The number of methoxy groups -OCH3 is 1. The molecule has 33 nitrogen and oxygen atoms in total. The third kappa shape index (κ3) is 39.9. The van der Waals surface area contributed by atoms with E-state index in [-0.39, 0.29) is 167 Å². The number of unbranched alkanes of at least 4 members (excludes halogenated alkanes) is 3. The van der Waals surface area contributed by atoms with Crippen LogP contribution in [0.1, 0.15) is 151 Å². The molecule has 6 atom stereocenters. The second kappa shape index (κ2) is 54.7. The van der Waals surface area contributed by atoms with E-state index in [4.69, 9.17) is 33.5 Å². The molecule has 109 heavy (non-hydrogen) atoms. The number of amides is 8. The van der Waals surface area contributed by atoms with Crippen molar-refractivity contribution in [1.82, 2.24) is 41.9 Å². The van der Waals surface area contributed by atoms with Crippen LogP contribution in [0.25, 0.3) is 0 Å². The summed E-state index contributed by atoms with van der Waals surface area (Å²) >= 11 is 2.23. The van der Waals surface area contributed by atoms with Crippen LogP contribution in [0.2, 0.25) is 0 Å². The zero-order valence-corrected chi connectivity index (χ0v) is 64.5. The first kappa shape index (κ1) is 92.6. The molecule has 0 fully saturated rings. The minimum Gasteiger partial charge on any atom is -0.481 e. The first-order chi connectivity index (χ1) is 52.5.